The summed E-state index contributed by atoms with van der Waals surface area (Å²) in [5.74, 6) is 2.88. The van der Waals surface area contributed by atoms with Crippen molar-refractivity contribution >= 4 is 17.3 Å². The summed E-state index contributed by atoms with van der Waals surface area (Å²) in [6, 6.07) is 12.1. The number of fused-ring (bicyclic) bond motifs is 3. The number of hydrazone groups is 1. The maximum absolute atomic E-state index is 6.52. The topological polar surface area (TPSA) is 43.3 Å². The highest BCUT2D eigenvalue weighted by Crippen LogP contribution is 2.47. The summed E-state index contributed by atoms with van der Waals surface area (Å²) in [4.78, 5) is 0. The van der Waals surface area contributed by atoms with Crippen molar-refractivity contribution in [2.24, 2.45) is 11.0 Å². The van der Waals surface area contributed by atoms with Crippen LogP contribution in [0.25, 0.3) is 0 Å². The van der Waals surface area contributed by atoms with Gasteiger partial charge in [0.1, 0.15) is 5.75 Å². The monoisotopic (exact) mass is 426 g/mol. The summed E-state index contributed by atoms with van der Waals surface area (Å²) in [6.07, 6.45) is 7.03. The average molecular weight is 427 g/mol. The van der Waals surface area contributed by atoms with Crippen LogP contribution in [0.2, 0.25) is 5.02 Å². The third-order valence-corrected chi connectivity index (χ3v) is 6.79. The van der Waals surface area contributed by atoms with E-state index in [9.17, 15) is 0 Å². The molecule has 5 nitrogen and oxygen atoms in total. The molecular formula is C24H27ClN2O3. The molecule has 2 atom stereocenters. The van der Waals surface area contributed by atoms with Crippen LogP contribution in [0.15, 0.2) is 41.5 Å². The van der Waals surface area contributed by atoms with E-state index in [-0.39, 0.29) is 12.3 Å². The van der Waals surface area contributed by atoms with Crippen LogP contribution in [0, 0.1) is 5.92 Å². The fraction of sp³-hybridized carbons (Fsp3) is 0.458. The summed E-state index contributed by atoms with van der Waals surface area (Å²) in [5, 5.41) is 8.01. The van der Waals surface area contributed by atoms with E-state index in [1.165, 1.54) is 32.1 Å². The summed E-state index contributed by atoms with van der Waals surface area (Å²) >= 11 is 6.34. The first-order valence-corrected chi connectivity index (χ1v) is 11.1. The number of hydrogen-bond acceptors (Lipinski definition) is 5. The zero-order valence-electron chi connectivity index (χ0n) is 17.4. The van der Waals surface area contributed by atoms with E-state index in [1.807, 2.05) is 36.4 Å². The van der Waals surface area contributed by atoms with Crippen LogP contribution < -0.4 is 14.2 Å². The van der Waals surface area contributed by atoms with Crippen LogP contribution in [-0.4, -0.2) is 31.2 Å². The summed E-state index contributed by atoms with van der Waals surface area (Å²) in [6.45, 7) is 0. The zero-order chi connectivity index (χ0) is 20.7. The van der Waals surface area contributed by atoms with Gasteiger partial charge in [-0.25, -0.2) is 5.01 Å². The number of rotatable bonds is 4. The average Bonchev–Trinajstić information content (AvgIpc) is 3.24. The Kier molecular flexibility index (Phi) is 5.23. The van der Waals surface area contributed by atoms with Crippen molar-refractivity contribution in [3.05, 3.63) is 52.5 Å². The first-order valence-electron chi connectivity index (χ1n) is 10.7. The molecule has 30 heavy (non-hydrogen) atoms. The van der Waals surface area contributed by atoms with Gasteiger partial charge in [-0.05, 0) is 49.2 Å². The van der Waals surface area contributed by atoms with E-state index >= 15 is 0 Å². The Balaban J connectivity index is 1.53. The van der Waals surface area contributed by atoms with Crippen LogP contribution in [-0.2, 0) is 0 Å². The van der Waals surface area contributed by atoms with E-state index in [1.54, 1.807) is 14.2 Å². The fourth-order valence-electron chi connectivity index (χ4n) is 5.01. The molecule has 0 radical (unpaired) electrons. The maximum Gasteiger partial charge on any atom is 0.190 e. The quantitative estimate of drug-likeness (QED) is 0.619. The first-order chi connectivity index (χ1) is 14.7. The fourth-order valence-corrected chi connectivity index (χ4v) is 5.19. The second kappa shape index (κ2) is 8.03. The second-order valence-electron chi connectivity index (χ2n) is 8.31. The molecule has 0 spiro atoms. The van der Waals surface area contributed by atoms with Gasteiger partial charge in [0.05, 0.1) is 26.0 Å². The molecular weight excluding hydrogens is 400 g/mol. The third kappa shape index (κ3) is 3.39. The van der Waals surface area contributed by atoms with Crippen molar-refractivity contribution in [3.63, 3.8) is 0 Å². The Hall–Kier alpha value is -2.40. The van der Waals surface area contributed by atoms with Crippen LogP contribution in [0.5, 0.6) is 17.2 Å². The molecule has 2 aliphatic heterocycles. The Labute approximate surface area is 182 Å². The van der Waals surface area contributed by atoms with Crippen molar-refractivity contribution in [2.45, 2.75) is 50.8 Å². The molecule has 0 amide bonds. The van der Waals surface area contributed by atoms with Gasteiger partial charge in [0.15, 0.2) is 17.7 Å². The van der Waals surface area contributed by atoms with Gasteiger partial charge in [-0.3, -0.25) is 0 Å². The summed E-state index contributed by atoms with van der Waals surface area (Å²) in [7, 11) is 3.31. The minimum atomic E-state index is -0.0263. The zero-order valence-corrected chi connectivity index (χ0v) is 18.2. The molecule has 0 bridgehead atoms. The molecule has 1 aliphatic carbocycles. The molecule has 0 unspecified atom stereocenters. The second-order valence-corrected chi connectivity index (χ2v) is 8.74. The molecule has 0 N–H and O–H groups in total. The molecule has 6 heteroatoms. The maximum atomic E-state index is 6.52. The van der Waals surface area contributed by atoms with Crippen LogP contribution in [0.3, 0.4) is 0 Å². The molecule has 2 aromatic rings. The van der Waals surface area contributed by atoms with Gasteiger partial charge in [-0.15, -0.1) is 0 Å². The van der Waals surface area contributed by atoms with Gasteiger partial charge in [0, 0.05) is 28.5 Å². The molecule has 5 rings (SSSR count). The number of ether oxygens (including phenoxy) is 3. The van der Waals surface area contributed by atoms with Crippen molar-refractivity contribution in [1.82, 2.24) is 5.01 Å². The Morgan fingerprint density at radius 2 is 1.80 bits per heavy atom. The van der Waals surface area contributed by atoms with Crippen molar-refractivity contribution in [1.29, 1.82) is 0 Å². The van der Waals surface area contributed by atoms with E-state index in [0.29, 0.717) is 11.7 Å². The molecule has 0 aromatic heterocycles. The normalized spacial score (nSPS) is 23.3. The smallest absolute Gasteiger partial charge is 0.190 e. The van der Waals surface area contributed by atoms with Crippen molar-refractivity contribution in [3.8, 4) is 17.2 Å². The van der Waals surface area contributed by atoms with Crippen molar-refractivity contribution in [2.75, 3.05) is 14.2 Å². The van der Waals surface area contributed by atoms with Gasteiger partial charge in [-0.1, -0.05) is 30.9 Å². The number of nitrogens with zero attached hydrogens (tertiary/aromatic N) is 2. The lowest BCUT2D eigenvalue weighted by molar-refractivity contribution is -0.0643. The Bertz CT molecular complexity index is 971. The van der Waals surface area contributed by atoms with Gasteiger partial charge in [0.2, 0.25) is 0 Å². The SMILES string of the molecule is COc1ccc(C2=NN3[C@H](C2)c2cc(Cl)ccc2O[C@@H]3C2CCCCC2)cc1OC. The molecule has 2 heterocycles. The highest BCUT2D eigenvalue weighted by Gasteiger charge is 2.43. The van der Waals surface area contributed by atoms with E-state index in [0.717, 1.165) is 39.8 Å². The largest absolute Gasteiger partial charge is 0.493 e. The van der Waals surface area contributed by atoms with Gasteiger partial charge >= 0.3 is 0 Å². The predicted molar refractivity (Wildman–Crippen MR) is 118 cm³/mol. The summed E-state index contributed by atoms with van der Waals surface area (Å²) < 4.78 is 17.4. The van der Waals surface area contributed by atoms with Gasteiger partial charge in [-0.2, -0.15) is 5.10 Å². The third-order valence-electron chi connectivity index (χ3n) is 6.55. The van der Waals surface area contributed by atoms with Crippen LogP contribution in [0.4, 0.5) is 0 Å². The van der Waals surface area contributed by atoms with Gasteiger partial charge < -0.3 is 14.2 Å². The highest BCUT2D eigenvalue weighted by atomic mass is 35.5. The number of halogens is 1. The number of methoxy groups -OCH3 is 2. The van der Waals surface area contributed by atoms with Crippen LogP contribution >= 0.6 is 11.6 Å². The lowest BCUT2D eigenvalue weighted by Gasteiger charge is -2.42. The first kappa shape index (κ1) is 19.6. The van der Waals surface area contributed by atoms with E-state index < -0.39 is 0 Å². The predicted octanol–water partition coefficient (Wildman–Crippen LogP) is 5.81. The lowest BCUT2D eigenvalue weighted by Crippen LogP contribution is -2.45. The van der Waals surface area contributed by atoms with E-state index in [4.69, 9.17) is 30.9 Å². The molecule has 158 valence electrons. The molecule has 1 fully saturated rings. The van der Waals surface area contributed by atoms with Gasteiger partial charge in [0.25, 0.3) is 0 Å². The number of hydrogen-bond donors (Lipinski definition) is 0. The minimum Gasteiger partial charge on any atom is -0.493 e. The minimum absolute atomic E-state index is 0.0263. The number of benzene rings is 2. The lowest BCUT2D eigenvalue weighted by atomic mass is 9.86. The standard InChI is InChI=1S/C24H27ClN2O3/c1-28-22-10-8-16(12-23(22)29-2)19-14-20-18-13-17(25)9-11-21(18)30-24(27(20)26-19)15-6-4-3-5-7-15/h8-13,15,20,24H,3-7,14H2,1-2H3/t20-,24-/m1/s1. The molecule has 1 saturated carbocycles. The summed E-state index contributed by atoms with van der Waals surface area (Å²) in [5.41, 5.74) is 3.21. The highest BCUT2D eigenvalue weighted by molar-refractivity contribution is 6.30. The van der Waals surface area contributed by atoms with Crippen molar-refractivity contribution < 1.29 is 14.2 Å². The van der Waals surface area contributed by atoms with Crippen LogP contribution in [0.1, 0.15) is 55.7 Å². The Morgan fingerprint density at radius 3 is 2.57 bits per heavy atom. The Morgan fingerprint density at radius 1 is 1.00 bits per heavy atom. The molecule has 3 aliphatic rings. The molecule has 0 saturated heterocycles. The van der Waals surface area contributed by atoms with E-state index in [2.05, 4.69) is 5.01 Å². The molecule has 2 aromatic carbocycles.